The van der Waals surface area contributed by atoms with Crippen molar-refractivity contribution in [3.8, 4) is 0 Å². The fourth-order valence-electron chi connectivity index (χ4n) is 4.28. The van der Waals surface area contributed by atoms with Gasteiger partial charge in [-0.25, -0.2) is 16.8 Å². The van der Waals surface area contributed by atoms with Crippen LogP contribution in [0.4, 0.5) is 0 Å². The van der Waals surface area contributed by atoms with Crippen molar-refractivity contribution in [2.75, 3.05) is 25.6 Å². The Morgan fingerprint density at radius 2 is 1.56 bits per heavy atom. The lowest BCUT2D eigenvalue weighted by Gasteiger charge is -2.27. The van der Waals surface area contributed by atoms with E-state index in [1.165, 1.54) is 37.7 Å². The lowest BCUT2D eigenvalue weighted by Crippen LogP contribution is -2.34. The number of carbonyl (C=O) groups excluding carboxylic acids is 1. The Kier molecular flexibility index (Phi) is 6.98. The summed E-state index contributed by atoms with van der Waals surface area (Å²) in [5.41, 5.74) is 2.32. The molecular weight excluding hydrogens is 474 g/mol. The second-order valence-electron chi connectivity index (χ2n) is 8.97. The van der Waals surface area contributed by atoms with Crippen LogP contribution >= 0.6 is 0 Å². The summed E-state index contributed by atoms with van der Waals surface area (Å²) in [6, 6.07) is 12.8. The quantitative estimate of drug-likeness (QED) is 0.593. The van der Waals surface area contributed by atoms with Gasteiger partial charge in [-0.15, -0.1) is 0 Å². The van der Waals surface area contributed by atoms with E-state index in [-0.39, 0.29) is 15.7 Å². The van der Waals surface area contributed by atoms with Gasteiger partial charge in [0.05, 0.1) is 22.0 Å². The predicted molar refractivity (Wildman–Crippen MR) is 130 cm³/mol. The Morgan fingerprint density at radius 3 is 2.03 bits per heavy atom. The third kappa shape index (κ3) is 5.95. The number of rotatable bonds is 4. The van der Waals surface area contributed by atoms with E-state index in [1.54, 1.807) is 41.3 Å². The smallest absolute Gasteiger partial charge is 0.254 e. The van der Waals surface area contributed by atoms with Crippen LogP contribution in [0, 0.1) is 0 Å². The topological polar surface area (TPSA) is 101 Å². The number of benzene rings is 2. The monoisotopic (exact) mass is 503 g/mol. The molecule has 1 aliphatic carbocycles. The molecule has 3 aliphatic rings. The molecule has 2 unspecified atom stereocenters. The fourth-order valence-corrected chi connectivity index (χ4v) is 5.58. The van der Waals surface area contributed by atoms with Gasteiger partial charge < -0.3 is 9.64 Å². The van der Waals surface area contributed by atoms with Crippen LogP contribution in [0.3, 0.4) is 0 Å². The first-order chi connectivity index (χ1) is 16.0. The summed E-state index contributed by atoms with van der Waals surface area (Å²) in [5, 5.41) is 0. The first kappa shape index (κ1) is 24.6. The number of carbonyl (C=O) groups is 1. The zero-order valence-electron chi connectivity index (χ0n) is 19.3. The molecule has 182 valence electrons. The maximum atomic E-state index is 12.7. The molecular formula is C25H29NO6S2. The number of ether oxygens (including phenoxy) is 1. The highest BCUT2D eigenvalue weighted by Crippen LogP contribution is 2.37. The number of epoxide rings is 1. The highest BCUT2D eigenvalue weighted by atomic mass is 32.2. The molecule has 1 saturated heterocycles. The summed E-state index contributed by atoms with van der Waals surface area (Å²) >= 11 is 0. The number of hydrogen-bond acceptors (Lipinski definition) is 6. The molecule has 0 aromatic heterocycles. The lowest BCUT2D eigenvalue weighted by atomic mass is 9.99. The van der Waals surface area contributed by atoms with Gasteiger partial charge in [0.1, 0.15) is 0 Å². The molecule has 2 aromatic rings. The molecule has 9 heteroatoms. The average Bonchev–Trinajstić information content (AvgIpc) is 3.42. The SMILES string of the molecule is C1CC2OC2C1.CS(=O)(=O)c1ccc(C2=CCN(C(=O)c3cccc(S(C)(=O)=O)c3)CC2)cc1. The summed E-state index contributed by atoms with van der Waals surface area (Å²) in [5.74, 6) is -0.215. The molecule has 2 atom stereocenters. The Morgan fingerprint density at radius 1 is 0.912 bits per heavy atom. The molecule has 2 aliphatic heterocycles. The van der Waals surface area contributed by atoms with E-state index in [2.05, 4.69) is 0 Å². The first-order valence-corrected chi connectivity index (χ1v) is 15.0. The van der Waals surface area contributed by atoms with Crippen LogP contribution in [0.2, 0.25) is 0 Å². The van der Waals surface area contributed by atoms with Crippen molar-refractivity contribution in [1.29, 1.82) is 0 Å². The first-order valence-electron chi connectivity index (χ1n) is 11.3. The maximum Gasteiger partial charge on any atom is 0.254 e. The van der Waals surface area contributed by atoms with E-state index in [0.717, 1.165) is 17.4 Å². The number of sulfone groups is 2. The zero-order valence-corrected chi connectivity index (χ0v) is 20.9. The van der Waals surface area contributed by atoms with Gasteiger partial charge in [0, 0.05) is 31.2 Å². The third-order valence-corrected chi connectivity index (χ3v) is 8.56. The standard InChI is InChI=1S/C20H21NO5S2.C5H8O/c1-27(23,24)18-8-6-15(7-9-18)16-10-12-21(13-11-16)20(22)17-4-3-5-19(14-17)28(2,25)26;1-2-4-5(3-1)6-4/h3-10,14H,11-13H2,1-2H3;4-5H,1-3H2. The second kappa shape index (κ2) is 9.64. The molecule has 7 nitrogen and oxygen atoms in total. The second-order valence-corrected chi connectivity index (χ2v) is 13.0. The van der Waals surface area contributed by atoms with Crippen LogP contribution in [-0.4, -0.2) is 65.5 Å². The summed E-state index contributed by atoms with van der Waals surface area (Å²) in [7, 11) is -6.60. The zero-order chi connectivity index (χ0) is 24.5. The van der Waals surface area contributed by atoms with E-state index in [1.807, 2.05) is 6.08 Å². The number of amides is 1. The van der Waals surface area contributed by atoms with Crippen LogP contribution in [0.5, 0.6) is 0 Å². The number of hydrogen-bond donors (Lipinski definition) is 0. The Labute approximate surface area is 201 Å². The molecule has 0 bridgehead atoms. The highest BCUT2D eigenvalue weighted by Gasteiger charge is 2.42. The Hall–Kier alpha value is -2.49. The maximum absolute atomic E-state index is 12.7. The normalized spacial score (nSPS) is 21.7. The Balaban J connectivity index is 0.000000388. The minimum atomic E-state index is -3.37. The van der Waals surface area contributed by atoms with E-state index in [0.29, 0.717) is 37.3 Å². The average molecular weight is 504 g/mol. The molecule has 0 radical (unpaired) electrons. The van der Waals surface area contributed by atoms with E-state index in [9.17, 15) is 21.6 Å². The van der Waals surface area contributed by atoms with Crippen molar-refractivity contribution in [3.63, 3.8) is 0 Å². The van der Waals surface area contributed by atoms with Crippen molar-refractivity contribution in [2.45, 2.75) is 47.7 Å². The van der Waals surface area contributed by atoms with E-state index < -0.39 is 19.7 Å². The van der Waals surface area contributed by atoms with Crippen LogP contribution in [-0.2, 0) is 24.4 Å². The van der Waals surface area contributed by atoms with Crippen molar-refractivity contribution in [2.24, 2.45) is 0 Å². The molecule has 2 aromatic carbocycles. The van der Waals surface area contributed by atoms with E-state index >= 15 is 0 Å². The summed E-state index contributed by atoms with van der Waals surface area (Å²) in [6.07, 6.45) is 10.4. The molecule has 2 fully saturated rings. The van der Waals surface area contributed by atoms with Crippen molar-refractivity contribution >= 4 is 31.2 Å². The van der Waals surface area contributed by atoms with Gasteiger partial charge in [0.15, 0.2) is 19.7 Å². The van der Waals surface area contributed by atoms with Gasteiger partial charge in [0.25, 0.3) is 5.91 Å². The van der Waals surface area contributed by atoms with Crippen molar-refractivity contribution in [3.05, 3.63) is 65.7 Å². The van der Waals surface area contributed by atoms with Crippen LogP contribution in [0.25, 0.3) is 5.57 Å². The molecule has 34 heavy (non-hydrogen) atoms. The van der Waals surface area contributed by atoms with Gasteiger partial charge >= 0.3 is 0 Å². The summed E-state index contributed by atoms with van der Waals surface area (Å²) < 4.78 is 51.7. The third-order valence-electron chi connectivity index (χ3n) is 6.32. The molecule has 2 heterocycles. The number of fused-ring (bicyclic) bond motifs is 1. The minimum absolute atomic E-state index is 0.123. The van der Waals surface area contributed by atoms with Crippen LogP contribution < -0.4 is 0 Å². The van der Waals surface area contributed by atoms with Gasteiger partial charge in [-0.3, -0.25) is 4.79 Å². The predicted octanol–water partition coefficient (Wildman–Crippen LogP) is 3.36. The largest absolute Gasteiger partial charge is 0.370 e. The molecule has 5 rings (SSSR count). The molecule has 1 saturated carbocycles. The lowest BCUT2D eigenvalue weighted by molar-refractivity contribution is 0.0772. The minimum Gasteiger partial charge on any atom is -0.370 e. The van der Waals surface area contributed by atoms with Crippen molar-refractivity contribution < 1.29 is 26.4 Å². The van der Waals surface area contributed by atoms with Gasteiger partial charge in [0.2, 0.25) is 0 Å². The van der Waals surface area contributed by atoms with Gasteiger partial charge in [-0.2, -0.15) is 0 Å². The van der Waals surface area contributed by atoms with Gasteiger partial charge in [-0.1, -0.05) is 24.3 Å². The highest BCUT2D eigenvalue weighted by molar-refractivity contribution is 7.91. The number of nitrogens with zero attached hydrogens (tertiary/aromatic N) is 1. The summed E-state index contributed by atoms with van der Waals surface area (Å²) in [6.45, 7) is 0.909. The molecule has 0 spiro atoms. The van der Waals surface area contributed by atoms with Gasteiger partial charge in [-0.05, 0) is 67.2 Å². The van der Waals surface area contributed by atoms with Crippen LogP contribution in [0.15, 0.2) is 64.4 Å². The Bertz CT molecular complexity index is 1310. The molecule has 1 amide bonds. The van der Waals surface area contributed by atoms with Crippen molar-refractivity contribution in [1.82, 2.24) is 4.90 Å². The summed E-state index contributed by atoms with van der Waals surface area (Å²) in [4.78, 5) is 14.8. The van der Waals surface area contributed by atoms with Crippen LogP contribution in [0.1, 0.15) is 41.6 Å². The van der Waals surface area contributed by atoms with E-state index in [4.69, 9.17) is 4.74 Å². The molecule has 0 N–H and O–H groups in total. The fraction of sp³-hybridized carbons (Fsp3) is 0.400.